The molecule has 4 nitrogen and oxygen atoms in total. The Morgan fingerprint density at radius 1 is 1.29 bits per heavy atom. The highest BCUT2D eigenvalue weighted by molar-refractivity contribution is 8.01. The van der Waals surface area contributed by atoms with E-state index in [2.05, 4.69) is 6.07 Å². The van der Waals surface area contributed by atoms with Gasteiger partial charge in [-0.2, -0.15) is 0 Å². The highest BCUT2D eigenvalue weighted by Gasteiger charge is 2.37. The molecule has 5 heteroatoms. The fourth-order valence-electron chi connectivity index (χ4n) is 3.12. The van der Waals surface area contributed by atoms with E-state index in [0.29, 0.717) is 13.0 Å². The lowest BCUT2D eigenvalue weighted by Crippen LogP contribution is -2.50. The predicted octanol–water partition coefficient (Wildman–Crippen LogP) is 2.42. The van der Waals surface area contributed by atoms with E-state index in [1.165, 1.54) is 10.5 Å². The first-order chi connectivity index (χ1) is 10.1. The second-order valence-electron chi connectivity index (χ2n) is 5.87. The van der Waals surface area contributed by atoms with Crippen LogP contribution in [0.1, 0.15) is 25.3 Å². The number of hydrogen-bond donors (Lipinski definition) is 1. The van der Waals surface area contributed by atoms with Crippen molar-refractivity contribution in [2.75, 3.05) is 6.54 Å². The van der Waals surface area contributed by atoms with Crippen LogP contribution < -0.4 is 0 Å². The number of benzene rings is 1. The molecule has 0 aromatic heterocycles. The van der Waals surface area contributed by atoms with Crippen LogP contribution in [0.2, 0.25) is 0 Å². The van der Waals surface area contributed by atoms with Crippen molar-refractivity contribution in [3.63, 3.8) is 0 Å². The van der Waals surface area contributed by atoms with Gasteiger partial charge in [-0.1, -0.05) is 18.2 Å². The Hall–Kier alpha value is -1.49. The third kappa shape index (κ3) is 2.79. The lowest BCUT2D eigenvalue weighted by molar-refractivity contribution is -0.147. The molecule has 1 amide bonds. The summed E-state index contributed by atoms with van der Waals surface area (Å²) in [6.45, 7) is 2.37. The maximum atomic E-state index is 12.8. The highest BCUT2D eigenvalue weighted by atomic mass is 32.2. The third-order valence-electron chi connectivity index (χ3n) is 4.44. The van der Waals surface area contributed by atoms with Gasteiger partial charge in [0.05, 0.1) is 11.2 Å². The number of hydrogen-bond acceptors (Lipinski definition) is 3. The minimum Gasteiger partial charge on any atom is -0.481 e. The molecule has 1 aromatic carbocycles. The number of thioether (sulfide) groups is 1. The summed E-state index contributed by atoms with van der Waals surface area (Å²) in [5.41, 5.74) is 1.22. The van der Waals surface area contributed by atoms with Crippen molar-refractivity contribution in [2.24, 2.45) is 5.92 Å². The number of amides is 1. The van der Waals surface area contributed by atoms with Crippen molar-refractivity contribution in [2.45, 2.75) is 42.4 Å². The molecule has 1 N–H and O–H groups in total. The molecule has 2 aliphatic rings. The largest absolute Gasteiger partial charge is 0.481 e. The fourth-order valence-corrected chi connectivity index (χ4v) is 4.39. The Bertz CT molecular complexity index is 549. The number of likely N-dealkylation sites (tertiary alicyclic amines) is 1. The van der Waals surface area contributed by atoms with E-state index < -0.39 is 11.9 Å². The van der Waals surface area contributed by atoms with Gasteiger partial charge in [0.1, 0.15) is 0 Å². The van der Waals surface area contributed by atoms with E-state index in [9.17, 15) is 14.7 Å². The molecule has 3 unspecified atom stereocenters. The lowest BCUT2D eigenvalue weighted by atomic mass is 9.93. The Labute approximate surface area is 128 Å². The molecule has 3 atom stereocenters. The summed E-state index contributed by atoms with van der Waals surface area (Å²) in [4.78, 5) is 26.9. The lowest BCUT2D eigenvalue weighted by Gasteiger charge is -2.37. The van der Waals surface area contributed by atoms with Gasteiger partial charge < -0.3 is 10.0 Å². The Morgan fingerprint density at radius 3 is 2.76 bits per heavy atom. The second-order valence-corrected chi connectivity index (χ2v) is 7.12. The number of piperidine rings is 1. The molecule has 1 fully saturated rings. The van der Waals surface area contributed by atoms with Gasteiger partial charge in [0, 0.05) is 17.5 Å². The van der Waals surface area contributed by atoms with E-state index >= 15 is 0 Å². The first-order valence-electron chi connectivity index (χ1n) is 7.34. The van der Waals surface area contributed by atoms with Gasteiger partial charge >= 0.3 is 5.97 Å². The number of carboxylic acids is 1. The van der Waals surface area contributed by atoms with Crippen LogP contribution >= 0.6 is 11.8 Å². The minimum absolute atomic E-state index is 0.0923. The average molecular weight is 305 g/mol. The standard InChI is InChI=1S/C16H19NO3S/c1-10-6-7-12(16(19)20)9-17(10)15(18)14-8-11-4-2-3-5-13(11)21-14/h2-5,10,12,14H,6-9H2,1H3,(H,19,20). The van der Waals surface area contributed by atoms with E-state index in [-0.39, 0.29) is 17.2 Å². The molecule has 3 rings (SSSR count). The van der Waals surface area contributed by atoms with Crippen LogP contribution in [0.5, 0.6) is 0 Å². The van der Waals surface area contributed by atoms with Crippen molar-refractivity contribution in [1.29, 1.82) is 0 Å². The van der Waals surface area contributed by atoms with Gasteiger partial charge in [0.2, 0.25) is 5.91 Å². The summed E-state index contributed by atoms with van der Waals surface area (Å²) in [5.74, 6) is -1.12. The van der Waals surface area contributed by atoms with Gasteiger partial charge in [0.15, 0.2) is 0 Å². The molecule has 0 saturated carbocycles. The number of carboxylic acid groups (broad SMARTS) is 1. The van der Waals surface area contributed by atoms with Crippen LogP contribution in [0, 0.1) is 5.92 Å². The molecule has 1 aromatic rings. The normalized spacial score (nSPS) is 28.2. The molecule has 2 heterocycles. The maximum absolute atomic E-state index is 12.8. The van der Waals surface area contributed by atoms with Gasteiger partial charge in [-0.3, -0.25) is 9.59 Å². The monoisotopic (exact) mass is 305 g/mol. The van der Waals surface area contributed by atoms with Crippen LogP contribution in [-0.2, 0) is 16.0 Å². The first-order valence-corrected chi connectivity index (χ1v) is 8.22. The predicted molar refractivity (Wildman–Crippen MR) is 81.3 cm³/mol. The quantitative estimate of drug-likeness (QED) is 0.911. The Kier molecular flexibility index (Phi) is 3.93. The SMILES string of the molecule is CC1CCC(C(=O)O)CN1C(=O)C1Cc2ccccc2S1. The van der Waals surface area contributed by atoms with Gasteiger partial charge in [-0.15, -0.1) is 11.8 Å². The highest BCUT2D eigenvalue weighted by Crippen LogP contribution is 2.38. The summed E-state index contributed by atoms with van der Waals surface area (Å²) in [7, 11) is 0. The van der Waals surface area contributed by atoms with Crippen molar-refractivity contribution >= 4 is 23.6 Å². The Balaban J connectivity index is 1.72. The zero-order chi connectivity index (χ0) is 15.0. The van der Waals surface area contributed by atoms with Gasteiger partial charge in [-0.05, 0) is 37.8 Å². The molecule has 21 heavy (non-hydrogen) atoms. The van der Waals surface area contributed by atoms with Crippen molar-refractivity contribution in [1.82, 2.24) is 4.90 Å². The number of aliphatic carboxylic acids is 1. The molecule has 112 valence electrons. The minimum atomic E-state index is -0.790. The molecular formula is C16H19NO3S. The number of carbonyl (C=O) groups is 2. The average Bonchev–Trinajstić information content (AvgIpc) is 2.90. The zero-order valence-electron chi connectivity index (χ0n) is 12.0. The van der Waals surface area contributed by atoms with Crippen LogP contribution in [0.15, 0.2) is 29.2 Å². The maximum Gasteiger partial charge on any atom is 0.308 e. The van der Waals surface area contributed by atoms with E-state index in [0.717, 1.165) is 12.8 Å². The van der Waals surface area contributed by atoms with Crippen molar-refractivity contribution in [3.8, 4) is 0 Å². The summed E-state index contributed by atoms with van der Waals surface area (Å²) in [6.07, 6.45) is 2.19. The van der Waals surface area contributed by atoms with Crippen LogP contribution in [0.4, 0.5) is 0 Å². The first kappa shape index (κ1) is 14.4. The Morgan fingerprint density at radius 2 is 2.05 bits per heavy atom. The van der Waals surface area contributed by atoms with Crippen LogP contribution in [0.25, 0.3) is 0 Å². The molecule has 0 spiro atoms. The van der Waals surface area contributed by atoms with Gasteiger partial charge in [0.25, 0.3) is 0 Å². The second kappa shape index (κ2) is 5.72. The molecule has 2 aliphatic heterocycles. The summed E-state index contributed by atoms with van der Waals surface area (Å²) < 4.78 is 0. The van der Waals surface area contributed by atoms with Crippen molar-refractivity contribution < 1.29 is 14.7 Å². The summed E-state index contributed by atoms with van der Waals surface area (Å²) in [6, 6.07) is 8.23. The molecule has 1 saturated heterocycles. The number of rotatable bonds is 2. The fraction of sp³-hybridized carbons (Fsp3) is 0.500. The number of nitrogens with zero attached hydrogens (tertiary/aromatic N) is 1. The zero-order valence-corrected chi connectivity index (χ0v) is 12.8. The number of carbonyl (C=O) groups excluding carboxylic acids is 1. The third-order valence-corrected chi connectivity index (χ3v) is 5.74. The van der Waals surface area contributed by atoms with Gasteiger partial charge in [-0.25, -0.2) is 0 Å². The van der Waals surface area contributed by atoms with E-state index in [1.807, 2.05) is 25.1 Å². The topological polar surface area (TPSA) is 57.6 Å². The van der Waals surface area contributed by atoms with Crippen molar-refractivity contribution in [3.05, 3.63) is 29.8 Å². The number of fused-ring (bicyclic) bond motifs is 1. The molecule has 0 bridgehead atoms. The van der Waals surface area contributed by atoms with E-state index in [4.69, 9.17) is 0 Å². The van der Waals surface area contributed by atoms with Crippen LogP contribution in [-0.4, -0.2) is 39.7 Å². The molecule has 0 radical (unpaired) electrons. The molecular weight excluding hydrogens is 286 g/mol. The smallest absolute Gasteiger partial charge is 0.308 e. The summed E-state index contributed by atoms with van der Waals surface area (Å²) in [5, 5.41) is 9.09. The van der Waals surface area contributed by atoms with E-state index in [1.54, 1.807) is 16.7 Å². The van der Waals surface area contributed by atoms with Crippen LogP contribution in [0.3, 0.4) is 0 Å². The molecule has 0 aliphatic carbocycles. The summed E-state index contributed by atoms with van der Waals surface area (Å²) >= 11 is 1.61.